The quantitative estimate of drug-likeness (QED) is 0.701. The first-order chi connectivity index (χ1) is 13.5. The van der Waals surface area contributed by atoms with E-state index in [0.717, 1.165) is 35.7 Å². The molecule has 1 aromatic carbocycles. The normalized spacial score (nSPS) is 22.7. The van der Waals surface area contributed by atoms with Gasteiger partial charge in [-0.25, -0.2) is 4.79 Å². The van der Waals surface area contributed by atoms with Gasteiger partial charge in [-0.05, 0) is 51.0 Å². The van der Waals surface area contributed by atoms with Gasteiger partial charge in [-0.2, -0.15) is 4.98 Å². The van der Waals surface area contributed by atoms with Crippen molar-refractivity contribution in [3.63, 3.8) is 0 Å². The number of benzene rings is 1. The van der Waals surface area contributed by atoms with Crippen molar-refractivity contribution in [1.82, 2.24) is 19.9 Å². The number of nitrogens with zero attached hydrogens (tertiary/aromatic N) is 4. The Morgan fingerprint density at radius 1 is 1.18 bits per heavy atom. The number of carbonyl (C=O) groups is 2. The van der Waals surface area contributed by atoms with Crippen LogP contribution in [0.4, 0.5) is 4.79 Å². The summed E-state index contributed by atoms with van der Waals surface area (Å²) in [6, 6.07) is 7.11. The van der Waals surface area contributed by atoms with Crippen LogP contribution in [-0.4, -0.2) is 44.0 Å². The van der Waals surface area contributed by atoms with Gasteiger partial charge in [0.25, 0.3) is 0 Å². The second-order valence-corrected chi connectivity index (χ2v) is 8.61. The number of amides is 3. The molecule has 1 saturated heterocycles. The number of urea groups is 1. The summed E-state index contributed by atoms with van der Waals surface area (Å²) >= 11 is 3.41. The van der Waals surface area contributed by atoms with Gasteiger partial charge in [-0.1, -0.05) is 33.9 Å². The Labute approximate surface area is 172 Å². The Morgan fingerprint density at radius 3 is 2.61 bits per heavy atom. The monoisotopic (exact) mass is 446 g/mol. The van der Waals surface area contributed by atoms with E-state index in [1.807, 2.05) is 38.1 Å². The predicted octanol–water partition coefficient (Wildman–Crippen LogP) is 4.23. The summed E-state index contributed by atoms with van der Waals surface area (Å²) in [6.07, 6.45) is 3.70. The fourth-order valence-electron chi connectivity index (χ4n) is 4.17. The fourth-order valence-corrected chi connectivity index (χ4v) is 4.43. The molecule has 0 spiro atoms. The van der Waals surface area contributed by atoms with Gasteiger partial charge in [0.15, 0.2) is 0 Å². The van der Waals surface area contributed by atoms with E-state index in [0.29, 0.717) is 11.7 Å². The number of fused-ring (bicyclic) bond motifs is 1. The average Bonchev–Trinajstić information content (AvgIpc) is 3.14. The van der Waals surface area contributed by atoms with Gasteiger partial charge in [-0.3, -0.25) is 9.69 Å². The largest absolute Gasteiger partial charge is 0.337 e. The molecular formula is C20H23BrN4O3. The van der Waals surface area contributed by atoms with Gasteiger partial charge in [0.05, 0.1) is 5.92 Å². The summed E-state index contributed by atoms with van der Waals surface area (Å²) in [4.78, 5) is 33.6. The minimum atomic E-state index is -0.258. The van der Waals surface area contributed by atoms with Crippen molar-refractivity contribution in [3.05, 3.63) is 34.6 Å². The van der Waals surface area contributed by atoms with Crippen LogP contribution < -0.4 is 0 Å². The molecule has 7 nitrogen and oxygen atoms in total. The lowest BCUT2D eigenvalue weighted by molar-refractivity contribution is -0.142. The van der Waals surface area contributed by atoms with Crippen molar-refractivity contribution >= 4 is 27.9 Å². The average molecular weight is 447 g/mol. The Bertz CT molecular complexity index is 880. The number of rotatable bonds is 4. The van der Waals surface area contributed by atoms with Crippen LogP contribution in [0.25, 0.3) is 11.4 Å². The summed E-state index contributed by atoms with van der Waals surface area (Å²) in [5.41, 5.74) is 0.845. The molecule has 2 atom stereocenters. The zero-order valence-corrected chi connectivity index (χ0v) is 17.6. The van der Waals surface area contributed by atoms with Crippen LogP contribution >= 0.6 is 15.9 Å². The van der Waals surface area contributed by atoms with E-state index in [2.05, 4.69) is 26.1 Å². The van der Waals surface area contributed by atoms with Gasteiger partial charge in [0.1, 0.15) is 6.54 Å². The Hall–Kier alpha value is -2.22. The summed E-state index contributed by atoms with van der Waals surface area (Å²) < 4.78 is 6.41. The van der Waals surface area contributed by atoms with E-state index in [1.165, 1.54) is 4.90 Å². The first-order valence-electron chi connectivity index (χ1n) is 9.68. The van der Waals surface area contributed by atoms with Crippen LogP contribution in [-0.2, 0) is 11.3 Å². The highest BCUT2D eigenvalue weighted by Crippen LogP contribution is 2.36. The highest BCUT2D eigenvalue weighted by atomic mass is 79.9. The van der Waals surface area contributed by atoms with Crippen molar-refractivity contribution in [1.29, 1.82) is 0 Å². The van der Waals surface area contributed by atoms with E-state index in [1.54, 1.807) is 4.90 Å². The maximum atomic E-state index is 13.1. The van der Waals surface area contributed by atoms with Gasteiger partial charge in [0.2, 0.25) is 17.6 Å². The van der Waals surface area contributed by atoms with Crippen LogP contribution in [0.15, 0.2) is 33.3 Å². The summed E-state index contributed by atoms with van der Waals surface area (Å²) in [5, 5.41) is 4.06. The molecule has 148 valence electrons. The van der Waals surface area contributed by atoms with E-state index in [9.17, 15) is 9.59 Å². The van der Waals surface area contributed by atoms with Gasteiger partial charge in [-0.15, -0.1) is 0 Å². The second kappa shape index (κ2) is 7.66. The third kappa shape index (κ3) is 3.45. The SMILES string of the molecule is CC(C)N1C(=O)C2CCCCC2N(Cc2nc(-c3ccc(Br)cc3)no2)C1=O. The number of imide groups is 1. The minimum absolute atomic E-state index is 0.0398. The molecule has 1 aromatic heterocycles. The molecule has 2 unspecified atom stereocenters. The van der Waals surface area contributed by atoms with Gasteiger partial charge < -0.3 is 9.42 Å². The van der Waals surface area contributed by atoms with Crippen molar-refractivity contribution < 1.29 is 14.1 Å². The van der Waals surface area contributed by atoms with Crippen molar-refractivity contribution in [2.24, 2.45) is 5.92 Å². The van der Waals surface area contributed by atoms with Crippen molar-refractivity contribution in [2.45, 2.75) is 58.2 Å². The number of hydrogen-bond donors (Lipinski definition) is 0. The molecule has 2 aliphatic rings. The molecule has 1 saturated carbocycles. The predicted molar refractivity (Wildman–Crippen MR) is 106 cm³/mol. The van der Waals surface area contributed by atoms with Crippen LogP contribution in [0.1, 0.15) is 45.4 Å². The zero-order chi connectivity index (χ0) is 19.8. The molecule has 2 aromatic rings. The van der Waals surface area contributed by atoms with Crippen molar-refractivity contribution in [2.75, 3.05) is 0 Å². The van der Waals surface area contributed by atoms with E-state index < -0.39 is 0 Å². The lowest BCUT2D eigenvalue weighted by Crippen LogP contribution is -2.63. The molecule has 8 heteroatoms. The van der Waals surface area contributed by atoms with E-state index in [-0.39, 0.29) is 36.5 Å². The van der Waals surface area contributed by atoms with E-state index >= 15 is 0 Å². The Kier molecular flexibility index (Phi) is 5.23. The number of aromatic nitrogens is 2. The third-order valence-corrected chi connectivity index (χ3v) is 6.06. The Balaban J connectivity index is 1.59. The summed E-state index contributed by atoms with van der Waals surface area (Å²) in [6.45, 7) is 3.96. The number of carbonyl (C=O) groups excluding carboxylic acids is 2. The molecule has 3 amide bonds. The van der Waals surface area contributed by atoms with Gasteiger partial charge in [0, 0.05) is 22.1 Å². The number of hydrogen-bond acceptors (Lipinski definition) is 5. The molecular weight excluding hydrogens is 424 g/mol. The molecule has 4 rings (SSSR count). The molecule has 0 N–H and O–H groups in total. The summed E-state index contributed by atoms with van der Waals surface area (Å²) in [7, 11) is 0. The Morgan fingerprint density at radius 2 is 1.89 bits per heavy atom. The van der Waals surface area contributed by atoms with Gasteiger partial charge >= 0.3 is 6.03 Å². The highest BCUT2D eigenvalue weighted by Gasteiger charge is 2.48. The molecule has 2 fully saturated rings. The zero-order valence-electron chi connectivity index (χ0n) is 16.0. The first-order valence-corrected chi connectivity index (χ1v) is 10.5. The van der Waals surface area contributed by atoms with Crippen LogP contribution in [0.5, 0.6) is 0 Å². The number of halogens is 1. The fraction of sp³-hybridized carbons (Fsp3) is 0.500. The highest BCUT2D eigenvalue weighted by molar-refractivity contribution is 9.10. The smallest absolute Gasteiger partial charge is 0.327 e. The third-order valence-electron chi connectivity index (χ3n) is 5.53. The molecule has 2 heterocycles. The maximum Gasteiger partial charge on any atom is 0.327 e. The molecule has 1 aliphatic heterocycles. The van der Waals surface area contributed by atoms with Crippen LogP contribution in [0.3, 0.4) is 0 Å². The van der Waals surface area contributed by atoms with Crippen LogP contribution in [0, 0.1) is 5.92 Å². The minimum Gasteiger partial charge on any atom is -0.337 e. The molecule has 0 radical (unpaired) electrons. The van der Waals surface area contributed by atoms with E-state index in [4.69, 9.17) is 4.52 Å². The first kappa shape index (κ1) is 19.1. The van der Waals surface area contributed by atoms with Crippen LogP contribution in [0.2, 0.25) is 0 Å². The molecule has 1 aliphatic carbocycles. The maximum absolute atomic E-state index is 13.1. The lowest BCUT2D eigenvalue weighted by Gasteiger charge is -2.47. The topological polar surface area (TPSA) is 79.5 Å². The molecule has 0 bridgehead atoms. The standard InChI is InChI=1S/C20H23BrN4O3/c1-12(2)25-19(26)15-5-3-4-6-16(15)24(20(25)27)11-17-22-18(23-28-17)13-7-9-14(21)10-8-13/h7-10,12,15-16H,3-6,11H2,1-2H3. The van der Waals surface area contributed by atoms with Crippen molar-refractivity contribution in [3.8, 4) is 11.4 Å². The second-order valence-electron chi connectivity index (χ2n) is 7.69. The lowest BCUT2D eigenvalue weighted by atomic mass is 9.81. The summed E-state index contributed by atoms with van der Waals surface area (Å²) in [5.74, 6) is 0.697. The molecule has 28 heavy (non-hydrogen) atoms.